The number of hydrogen-bond donors (Lipinski definition) is 0. The fraction of sp³-hybridized carbons (Fsp3) is 0. The third-order valence-corrected chi connectivity index (χ3v) is 1.88. The average molecular weight is 156 g/mol. The summed E-state index contributed by atoms with van der Waals surface area (Å²) in [5.74, 6) is 0.635. The van der Waals surface area contributed by atoms with Crippen LogP contribution in [0.25, 0.3) is 0 Å². The molecule has 2 aliphatic heterocycles. The highest BCUT2D eigenvalue weighted by Crippen LogP contribution is 2.28. The molecule has 4 nitrogen and oxygen atoms in total. The summed E-state index contributed by atoms with van der Waals surface area (Å²) in [5.41, 5.74) is 2.76. The molecule has 1 aromatic rings. The fourth-order valence-electron chi connectivity index (χ4n) is 1.34. The van der Waals surface area contributed by atoms with E-state index in [-0.39, 0.29) is 0 Å². The van der Waals surface area contributed by atoms with Crippen LogP contribution in [0.5, 0.6) is 0 Å². The Morgan fingerprint density at radius 3 is 3.00 bits per heavy atom. The number of aliphatic imine (C=N–C) groups is 1. The van der Waals surface area contributed by atoms with Gasteiger partial charge in [0, 0.05) is 5.56 Å². The van der Waals surface area contributed by atoms with Gasteiger partial charge in [0.2, 0.25) is 5.84 Å². The van der Waals surface area contributed by atoms with Crippen LogP contribution in [0.4, 0.5) is 5.69 Å². The third-order valence-electron chi connectivity index (χ3n) is 1.88. The first kappa shape index (κ1) is 5.77. The minimum atomic E-state index is 0.635. The van der Waals surface area contributed by atoms with Crippen molar-refractivity contribution in [2.24, 2.45) is 20.4 Å². The molecule has 0 saturated heterocycles. The lowest BCUT2D eigenvalue weighted by Gasteiger charge is -1.92. The van der Waals surface area contributed by atoms with E-state index in [4.69, 9.17) is 0 Å². The Labute approximate surface area is 68.4 Å². The van der Waals surface area contributed by atoms with Crippen molar-refractivity contribution in [1.82, 2.24) is 0 Å². The van der Waals surface area contributed by atoms with Crippen LogP contribution in [0.1, 0.15) is 5.56 Å². The lowest BCUT2D eigenvalue weighted by molar-refractivity contribution is 1.12. The molecule has 4 heteroatoms. The minimum absolute atomic E-state index is 0.635. The molecule has 0 aromatic heterocycles. The van der Waals surface area contributed by atoms with E-state index in [1.165, 1.54) is 0 Å². The third kappa shape index (κ3) is 0.567. The second-order valence-electron chi connectivity index (χ2n) is 2.59. The van der Waals surface area contributed by atoms with Gasteiger partial charge in [-0.2, -0.15) is 0 Å². The van der Waals surface area contributed by atoms with E-state index in [1.807, 2.05) is 24.3 Å². The van der Waals surface area contributed by atoms with Crippen LogP contribution < -0.4 is 0 Å². The van der Waals surface area contributed by atoms with Gasteiger partial charge in [-0.05, 0) is 11.3 Å². The molecule has 0 spiro atoms. The lowest BCUT2D eigenvalue weighted by atomic mass is 10.1. The summed E-state index contributed by atoms with van der Waals surface area (Å²) < 4.78 is 0. The summed E-state index contributed by atoms with van der Waals surface area (Å²) in [6.45, 7) is 0. The van der Waals surface area contributed by atoms with Crippen molar-refractivity contribution >= 4 is 17.2 Å². The molecule has 0 unspecified atom stereocenters. The number of fused-ring (bicyclic) bond motifs is 3. The number of amidine groups is 1. The standard InChI is InChI=1S/C8H4N4/c1-2-4-6-5(3-1)7-8(9-6)11-12-10-7/h1-4H. The largest absolute Gasteiger partial charge is 0.225 e. The van der Waals surface area contributed by atoms with Crippen LogP contribution in [-0.2, 0) is 0 Å². The van der Waals surface area contributed by atoms with Gasteiger partial charge in [-0.25, -0.2) is 4.99 Å². The highest BCUT2D eigenvalue weighted by Gasteiger charge is 2.24. The Bertz CT molecular complexity index is 442. The molecule has 0 amide bonds. The number of nitrogens with zero attached hydrogens (tertiary/aromatic N) is 4. The van der Waals surface area contributed by atoms with E-state index in [0.717, 1.165) is 17.0 Å². The van der Waals surface area contributed by atoms with E-state index >= 15 is 0 Å². The molecule has 0 aliphatic carbocycles. The van der Waals surface area contributed by atoms with Gasteiger partial charge in [0.25, 0.3) is 0 Å². The van der Waals surface area contributed by atoms with Gasteiger partial charge in [0.15, 0.2) is 0 Å². The van der Waals surface area contributed by atoms with Crippen molar-refractivity contribution in [2.75, 3.05) is 0 Å². The van der Waals surface area contributed by atoms with E-state index < -0.39 is 0 Å². The molecule has 12 heavy (non-hydrogen) atoms. The van der Waals surface area contributed by atoms with Crippen LogP contribution in [0, 0.1) is 0 Å². The van der Waals surface area contributed by atoms with Crippen molar-refractivity contribution in [3.8, 4) is 0 Å². The molecule has 0 bridgehead atoms. The molecule has 0 atom stereocenters. The van der Waals surface area contributed by atoms with Gasteiger partial charge < -0.3 is 0 Å². The highest BCUT2D eigenvalue weighted by atomic mass is 15.4. The van der Waals surface area contributed by atoms with Crippen LogP contribution in [-0.4, -0.2) is 11.5 Å². The maximum Gasteiger partial charge on any atom is 0.205 e. The number of hydrogen-bond acceptors (Lipinski definition) is 4. The Morgan fingerprint density at radius 1 is 1.08 bits per heavy atom. The average Bonchev–Trinajstić information content (AvgIpc) is 2.62. The summed E-state index contributed by atoms with van der Waals surface area (Å²) in [4.78, 5) is 4.24. The zero-order chi connectivity index (χ0) is 7.97. The van der Waals surface area contributed by atoms with Gasteiger partial charge >= 0.3 is 0 Å². The SMILES string of the molecule is c1ccc2c(c1)N=C1N=NN=C12. The summed E-state index contributed by atoms with van der Waals surface area (Å²) >= 11 is 0. The number of benzene rings is 1. The van der Waals surface area contributed by atoms with Crippen molar-refractivity contribution in [3.63, 3.8) is 0 Å². The van der Waals surface area contributed by atoms with Crippen molar-refractivity contribution in [3.05, 3.63) is 29.8 Å². The number of para-hydroxylation sites is 1. The molecule has 0 radical (unpaired) electrons. The zero-order valence-corrected chi connectivity index (χ0v) is 6.10. The van der Waals surface area contributed by atoms with Gasteiger partial charge in [0.1, 0.15) is 5.71 Å². The first-order valence-electron chi connectivity index (χ1n) is 3.62. The molecule has 0 N–H and O–H groups in total. The normalized spacial score (nSPS) is 17.0. The monoisotopic (exact) mass is 156 g/mol. The van der Waals surface area contributed by atoms with Gasteiger partial charge in [0.05, 0.1) is 5.69 Å². The van der Waals surface area contributed by atoms with E-state index in [9.17, 15) is 0 Å². The minimum Gasteiger partial charge on any atom is -0.225 e. The molecule has 1 aromatic carbocycles. The van der Waals surface area contributed by atoms with Crippen molar-refractivity contribution in [2.45, 2.75) is 0 Å². The first-order valence-corrected chi connectivity index (χ1v) is 3.62. The van der Waals surface area contributed by atoms with E-state index in [0.29, 0.717) is 5.84 Å². The summed E-state index contributed by atoms with van der Waals surface area (Å²) in [5, 5.41) is 11.2. The van der Waals surface area contributed by atoms with Crippen molar-refractivity contribution < 1.29 is 0 Å². The van der Waals surface area contributed by atoms with E-state index in [1.54, 1.807) is 0 Å². The molecule has 2 heterocycles. The lowest BCUT2D eigenvalue weighted by Crippen LogP contribution is -2.02. The summed E-state index contributed by atoms with van der Waals surface area (Å²) in [7, 11) is 0. The summed E-state index contributed by atoms with van der Waals surface area (Å²) in [6.07, 6.45) is 0. The topological polar surface area (TPSA) is 49.4 Å². The Morgan fingerprint density at radius 2 is 2.00 bits per heavy atom. The Hall–Kier alpha value is -1.84. The maximum atomic E-state index is 4.24. The van der Waals surface area contributed by atoms with Crippen molar-refractivity contribution in [1.29, 1.82) is 0 Å². The summed E-state index contributed by atoms with van der Waals surface area (Å²) in [6, 6.07) is 7.82. The Balaban J connectivity index is 2.33. The fourth-order valence-corrected chi connectivity index (χ4v) is 1.34. The highest BCUT2D eigenvalue weighted by molar-refractivity contribution is 6.52. The molecule has 2 aliphatic rings. The molecule has 0 saturated carbocycles. The second-order valence-corrected chi connectivity index (χ2v) is 2.59. The maximum absolute atomic E-state index is 4.24. The van der Waals surface area contributed by atoms with Crippen LogP contribution in [0.2, 0.25) is 0 Å². The Kier molecular flexibility index (Phi) is 0.889. The molecular weight excluding hydrogens is 152 g/mol. The molecule has 0 fully saturated rings. The predicted molar refractivity (Wildman–Crippen MR) is 44.9 cm³/mol. The van der Waals surface area contributed by atoms with E-state index in [2.05, 4.69) is 20.4 Å². The van der Waals surface area contributed by atoms with Crippen LogP contribution in [0.3, 0.4) is 0 Å². The second kappa shape index (κ2) is 1.85. The predicted octanol–water partition coefficient (Wildman–Crippen LogP) is 1.90. The smallest absolute Gasteiger partial charge is 0.205 e. The first-order chi connectivity index (χ1) is 5.95. The van der Waals surface area contributed by atoms with Gasteiger partial charge in [-0.15, -0.1) is 10.2 Å². The molecule has 3 rings (SSSR count). The molecular formula is C8H4N4. The van der Waals surface area contributed by atoms with Crippen LogP contribution in [0.15, 0.2) is 44.7 Å². The molecule has 56 valence electrons. The van der Waals surface area contributed by atoms with Gasteiger partial charge in [-0.1, -0.05) is 18.2 Å². The number of rotatable bonds is 0. The van der Waals surface area contributed by atoms with Gasteiger partial charge in [-0.3, -0.25) is 0 Å². The quantitative estimate of drug-likeness (QED) is 0.550. The van der Waals surface area contributed by atoms with Crippen LogP contribution >= 0.6 is 0 Å². The zero-order valence-electron chi connectivity index (χ0n) is 6.10.